The molecular formula is C16H27NOS2. The number of hydrogen-bond acceptors (Lipinski definition) is 4. The van der Waals surface area contributed by atoms with E-state index < -0.39 is 0 Å². The summed E-state index contributed by atoms with van der Waals surface area (Å²) in [7, 11) is 0. The first kappa shape index (κ1) is 16.3. The van der Waals surface area contributed by atoms with Crippen molar-refractivity contribution in [2.45, 2.75) is 55.6 Å². The van der Waals surface area contributed by atoms with Crippen molar-refractivity contribution in [3.63, 3.8) is 0 Å². The molecule has 0 aromatic carbocycles. The summed E-state index contributed by atoms with van der Waals surface area (Å²) in [5, 5.41) is 10.9. The summed E-state index contributed by atoms with van der Waals surface area (Å²) in [6.07, 6.45) is 3.24. The van der Waals surface area contributed by atoms with E-state index in [1.165, 1.54) is 30.1 Å². The fraction of sp³-hybridized carbons (Fsp3) is 0.750. The van der Waals surface area contributed by atoms with Gasteiger partial charge >= 0.3 is 0 Å². The zero-order valence-electron chi connectivity index (χ0n) is 12.8. The molecule has 1 saturated heterocycles. The van der Waals surface area contributed by atoms with Gasteiger partial charge in [-0.25, -0.2) is 0 Å². The van der Waals surface area contributed by atoms with Crippen molar-refractivity contribution in [3.8, 4) is 0 Å². The third kappa shape index (κ3) is 5.06. The highest BCUT2D eigenvalue weighted by molar-refractivity contribution is 8.01. The van der Waals surface area contributed by atoms with Crippen molar-refractivity contribution in [1.82, 2.24) is 4.90 Å². The lowest BCUT2D eigenvalue weighted by atomic mass is 10.00. The molecule has 0 aliphatic carbocycles. The highest BCUT2D eigenvalue weighted by atomic mass is 32.2. The van der Waals surface area contributed by atoms with Gasteiger partial charge in [-0.3, -0.25) is 0 Å². The molecule has 1 fully saturated rings. The van der Waals surface area contributed by atoms with Crippen LogP contribution in [0.1, 0.15) is 51.0 Å². The summed E-state index contributed by atoms with van der Waals surface area (Å²) in [5.74, 6) is 0.816. The normalized spacial score (nSPS) is 22.4. The molecule has 1 aliphatic rings. The number of rotatable bonds is 6. The van der Waals surface area contributed by atoms with Crippen molar-refractivity contribution in [1.29, 1.82) is 0 Å². The summed E-state index contributed by atoms with van der Waals surface area (Å²) >= 11 is 3.63. The average molecular weight is 314 g/mol. The van der Waals surface area contributed by atoms with Crippen LogP contribution in [0.3, 0.4) is 0 Å². The van der Waals surface area contributed by atoms with Crippen molar-refractivity contribution in [2.75, 3.05) is 19.6 Å². The molecule has 4 heteroatoms. The summed E-state index contributed by atoms with van der Waals surface area (Å²) in [5.41, 5.74) is 0. The van der Waals surface area contributed by atoms with E-state index in [4.69, 9.17) is 0 Å². The minimum absolute atomic E-state index is 0.293. The van der Waals surface area contributed by atoms with Gasteiger partial charge in [0.1, 0.15) is 0 Å². The summed E-state index contributed by atoms with van der Waals surface area (Å²) in [4.78, 5) is 3.63. The molecule has 0 amide bonds. The molecule has 2 nitrogen and oxygen atoms in total. The Balaban J connectivity index is 1.79. The van der Waals surface area contributed by atoms with E-state index in [0.717, 1.165) is 23.8 Å². The first-order chi connectivity index (χ1) is 9.54. The molecule has 114 valence electrons. The van der Waals surface area contributed by atoms with Gasteiger partial charge in [0.2, 0.25) is 0 Å². The number of piperidine rings is 1. The molecule has 1 aromatic rings. The first-order valence-corrected chi connectivity index (χ1v) is 9.41. The maximum atomic E-state index is 10.3. The van der Waals surface area contributed by atoms with Crippen LogP contribution in [-0.2, 0) is 0 Å². The van der Waals surface area contributed by atoms with E-state index in [2.05, 4.69) is 37.8 Å². The lowest BCUT2D eigenvalue weighted by molar-refractivity contribution is 0.124. The SMILES string of the molecule is CC1CCCN(CCC(O)c2ccc(SC(C)C)s2)C1. The Kier molecular flexibility index (Phi) is 6.40. The Morgan fingerprint density at radius 1 is 1.45 bits per heavy atom. The Hall–Kier alpha value is -0.0300. The molecule has 0 bridgehead atoms. The van der Waals surface area contributed by atoms with Crippen LogP contribution in [0.15, 0.2) is 16.3 Å². The first-order valence-electron chi connectivity index (χ1n) is 7.71. The highest BCUT2D eigenvalue weighted by Crippen LogP contribution is 2.34. The van der Waals surface area contributed by atoms with Gasteiger partial charge in [0.05, 0.1) is 10.3 Å². The summed E-state index contributed by atoms with van der Waals surface area (Å²) < 4.78 is 1.32. The Morgan fingerprint density at radius 3 is 2.95 bits per heavy atom. The smallest absolute Gasteiger partial charge is 0.0894 e. The Morgan fingerprint density at radius 2 is 2.25 bits per heavy atom. The van der Waals surface area contributed by atoms with Crippen molar-refractivity contribution in [3.05, 3.63) is 17.0 Å². The van der Waals surface area contributed by atoms with Gasteiger partial charge in [-0.2, -0.15) is 0 Å². The molecule has 1 N–H and O–H groups in total. The number of aliphatic hydroxyl groups is 1. The maximum absolute atomic E-state index is 10.3. The Labute approximate surface area is 131 Å². The maximum Gasteiger partial charge on any atom is 0.0894 e. The van der Waals surface area contributed by atoms with Gasteiger partial charge in [0.15, 0.2) is 0 Å². The second kappa shape index (κ2) is 7.83. The predicted molar refractivity (Wildman–Crippen MR) is 89.7 cm³/mol. The second-order valence-electron chi connectivity index (χ2n) is 6.18. The minimum atomic E-state index is -0.293. The Bertz CT molecular complexity index is 405. The molecular weight excluding hydrogens is 286 g/mol. The largest absolute Gasteiger partial charge is 0.388 e. The van der Waals surface area contributed by atoms with Gasteiger partial charge in [-0.15, -0.1) is 23.1 Å². The van der Waals surface area contributed by atoms with Gasteiger partial charge in [-0.1, -0.05) is 20.8 Å². The summed E-state index contributed by atoms with van der Waals surface area (Å²) in [6, 6.07) is 4.25. The van der Waals surface area contributed by atoms with Crippen LogP contribution in [0.4, 0.5) is 0 Å². The molecule has 0 saturated carbocycles. The molecule has 0 spiro atoms. The van der Waals surface area contributed by atoms with Crippen LogP contribution >= 0.6 is 23.1 Å². The number of nitrogens with zero attached hydrogens (tertiary/aromatic N) is 1. The molecule has 2 rings (SSSR count). The van der Waals surface area contributed by atoms with Gasteiger partial charge < -0.3 is 10.0 Å². The zero-order valence-corrected chi connectivity index (χ0v) is 14.5. The van der Waals surface area contributed by atoms with Crippen LogP contribution in [0.25, 0.3) is 0 Å². The standard InChI is InChI=1S/C16H27NOS2/c1-12(2)19-16-7-6-15(20-16)14(18)8-10-17-9-4-5-13(3)11-17/h6-7,12-14,18H,4-5,8-11H2,1-3H3. The van der Waals surface area contributed by atoms with Crippen molar-refractivity contribution < 1.29 is 5.11 Å². The number of thiophene rings is 1. The number of likely N-dealkylation sites (tertiary alicyclic amines) is 1. The van der Waals surface area contributed by atoms with E-state index in [0.29, 0.717) is 5.25 Å². The van der Waals surface area contributed by atoms with Crippen LogP contribution in [-0.4, -0.2) is 34.9 Å². The molecule has 1 aliphatic heterocycles. The zero-order chi connectivity index (χ0) is 14.5. The van der Waals surface area contributed by atoms with Gasteiger partial charge in [-0.05, 0) is 43.9 Å². The van der Waals surface area contributed by atoms with Gasteiger partial charge in [0, 0.05) is 23.2 Å². The quantitative estimate of drug-likeness (QED) is 0.787. The third-order valence-electron chi connectivity index (χ3n) is 3.74. The van der Waals surface area contributed by atoms with Crippen molar-refractivity contribution in [2.24, 2.45) is 5.92 Å². The fourth-order valence-electron chi connectivity index (χ4n) is 2.75. The minimum Gasteiger partial charge on any atom is -0.388 e. The highest BCUT2D eigenvalue weighted by Gasteiger charge is 2.18. The van der Waals surface area contributed by atoms with Crippen LogP contribution < -0.4 is 0 Å². The van der Waals surface area contributed by atoms with E-state index in [9.17, 15) is 5.11 Å². The van der Waals surface area contributed by atoms with Crippen LogP contribution in [0, 0.1) is 5.92 Å². The van der Waals surface area contributed by atoms with E-state index in [1.807, 2.05) is 11.8 Å². The lowest BCUT2D eigenvalue weighted by Gasteiger charge is -2.31. The number of hydrogen-bond donors (Lipinski definition) is 1. The third-order valence-corrected chi connectivity index (χ3v) is 6.10. The average Bonchev–Trinajstić information content (AvgIpc) is 2.84. The van der Waals surface area contributed by atoms with Crippen molar-refractivity contribution >= 4 is 23.1 Å². The number of aliphatic hydroxyl groups excluding tert-OH is 1. The summed E-state index contributed by atoms with van der Waals surface area (Å²) in [6.45, 7) is 10.2. The molecule has 1 aromatic heterocycles. The molecule has 0 radical (unpaired) electrons. The monoisotopic (exact) mass is 313 g/mol. The number of thioether (sulfide) groups is 1. The molecule has 2 unspecified atom stereocenters. The van der Waals surface area contributed by atoms with Crippen LogP contribution in [0.5, 0.6) is 0 Å². The molecule has 20 heavy (non-hydrogen) atoms. The topological polar surface area (TPSA) is 23.5 Å². The van der Waals surface area contributed by atoms with E-state index >= 15 is 0 Å². The fourth-order valence-corrected chi connectivity index (χ4v) is 5.17. The van der Waals surface area contributed by atoms with Gasteiger partial charge in [0.25, 0.3) is 0 Å². The molecule has 2 atom stereocenters. The molecule has 2 heterocycles. The lowest BCUT2D eigenvalue weighted by Crippen LogP contribution is -2.35. The van der Waals surface area contributed by atoms with Crippen LogP contribution in [0.2, 0.25) is 0 Å². The predicted octanol–water partition coefficient (Wildman–Crippen LogP) is 4.40. The van der Waals surface area contributed by atoms with E-state index in [1.54, 1.807) is 11.3 Å². The second-order valence-corrected chi connectivity index (χ2v) is 9.17. The van der Waals surface area contributed by atoms with E-state index in [-0.39, 0.29) is 6.10 Å².